The number of carbonyl (C=O) groups excluding carboxylic acids is 1. The van der Waals surface area contributed by atoms with Crippen molar-refractivity contribution in [3.8, 4) is 5.75 Å². The van der Waals surface area contributed by atoms with Crippen LogP contribution in [0.1, 0.15) is 12.5 Å². The molecule has 0 heterocycles. The van der Waals surface area contributed by atoms with Crippen LogP contribution in [0, 0.1) is 0 Å². The lowest BCUT2D eigenvalue weighted by Crippen LogP contribution is -2.38. The normalized spacial score (nSPS) is 14.6. The molecule has 0 aliphatic carbocycles. The Morgan fingerprint density at radius 1 is 1.44 bits per heavy atom. The minimum absolute atomic E-state index is 0.0565. The summed E-state index contributed by atoms with van der Waals surface area (Å²) < 4.78 is 27.8. The number of nitrogens with two attached hydrogens (primary N) is 1. The summed E-state index contributed by atoms with van der Waals surface area (Å²) in [6.45, 7) is -1.69. The number of benzene rings is 1. The maximum Gasteiger partial charge on any atom is 0.387 e. The first-order valence-electron chi connectivity index (χ1n) is 4.41. The van der Waals surface area contributed by atoms with E-state index in [1.807, 2.05) is 0 Å². The molecular formula is C10H11F2NO3. The molecule has 0 aromatic heterocycles. The van der Waals surface area contributed by atoms with Gasteiger partial charge in [-0.05, 0) is 24.6 Å². The maximum absolute atomic E-state index is 11.8. The molecule has 0 radical (unpaired) electrons. The molecule has 4 nitrogen and oxygen atoms in total. The van der Waals surface area contributed by atoms with E-state index in [-0.39, 0.29) is 11.3 Å². The molecule has 1 aromatic rings. The highest BCUT2D eigenvalue weighted by Crippen LogP contribution is 2.23. The Balaban J connectivity index is 2.91. The van der Waals surface area contributed by atoms with E-state index in [9.17, 15) is 18.7 Å². The summed E-state index contributed by atoms with van der Waals surface area (Å²) in [5, 5.41) is 9.67. The second-order valence-corrected chi connectivity index (χ2v) is 3.34. The van der Waals surface area contributed by atoms with E-state index in [1.165, 1.54) is 31.2 Å². The molecule has 3 N–H and O–H groups in total. The largest absolute Gasteiger partial charge is 0.435 e. The van der Waals surface area contributed by atoms with Crippen LogP contribution in [0.25, 0.3) is 0 Å². The van der Waals surface area contributed by atoms with Crippen molar-refractivity contribution in [2.45, 2.75) is 19.1 Å². The third-order valence-electron chi connectivity index (χ3n) is 2.12. The third kappa shape index (κ3) is 2.66. The summed E-state index contributed by atoms with van der Waals surface area (Å²) in [6.07, 6.45) is 0. The molecule has 6 heteroatoms. The highest BCUT2D eigenvalue weighted by Gasteiger charge is 2.29. The Hall–Kier alpha value is -1.69. The SMILES string of the molecule is CC(O)(C(N)=O)c1ccc(OC(F)F)cc1. The number of hydrogen-bond acceptors (Lipinski definition) is 3. The fourth-order valence-corrected chi connectivity index (χ4v) is 1.10. The molecule has 1 unspecified atom stereocenters. The Morgan fingerprint density at radius 2 is 1.94 bits per heavy atom. The fourth-order valence-electron chi connectivity index (χ4n) is 1.10. The zero-order valence-electron chi connectivity index (χ0n) is 8.48. The number of primary amides is 1. The van der Waals surface area contributed by atoms with Crippen LogP contribution in [0.15, 0.2) is 24.3 Å². The number of amides is 1. The Labute approximate surface area is 90.6 Å². The lowest BCUT2D eigenvalue weighted by molar-refractivity contribution is -0.135. The van der Waals surface area contributed by atoms with Crippen LogP contribution < -0.4 is 10.5 Å². The zero-order chi connectivity index (χ0) is 12.3. The van der Waals surface area contributed by atoms with Crippen molar-refractivity contribution in [3.63, 3.8) is 0 Å². The molecule has 0 spiro atoms. The lowest BCUT2D eigenvalue weighted by Gasteiger charge is -2.19. The van der Waals surface area contributed by atoms with Gasteiger partial charge in [-0.3, -0.25) is 4.79 Å². The van der Waals surface area contributed by atoms with Crippen molar-refractivity contribution in [2.24, 2.45) is 5.73 Å². The van der Waals surface area contributed by atoms with Crippen LogP contribution in [0.4, 0.5) is 8.78 Å². The van der Waals surface area contributed by atoms with E-state index in [0.29, 0.717) is 0 Å². The van der Waals surface area contributed by atoms with Gasteiger partial charge < -0.3 is 15.6 Å². The van der Waals surface area contributed by atoms with Gasteiger partial charge in [-0.2, -0.15) is 8.78 Å². The number of aliphatic hydroxyl groups is 1. The number of halogens is 2. The van der Waals surface area contributed by atoms with E-state index < -0.39 is 18.1 Å². The van der Waals surface area contributed by atoms with Crippen molar-refractivity contribution in [1.82, 2.24) is 0 Å². The summed E-state index contributed by atoms with van der Waals surface area (Å²) in [7, 11) is 0. The van der Waals surface area contributed by atoms with Gasteiger partial charge in [0.2, 0.25) is 0 Å². The molecule has 88 valence electrons. The maximum atomic E-state index is 11.8. The van der Waals surface area contributed by atoms with E-state index in [4.69, 9.17) is 5.73 Å². The second-order valence-electron chi connectivity index (χ2n) is 3.34. The van der Waals surface area contributed by atoms with Gasteiger partial charge in [0.25, 0.3) is 5.91 Å². The number of hydrogen-bond donors (Lipinski definition) is 2. The van der Waals surface area contributed by atoms with Gasteiger partial charge in [0.05, 0.1) is 0 Å². The fraction of sp³-hybridized carbons (Fsp3) is 0.300. The monoisotopic (exact) mass is 231 g/mol. The smallest absolute Gasteiger partial charge is 0.387 e. The average Bonchev–Trinajstić information content (AvgIpc) is 2.17. The van der Waals surface area contributed by atoms with Crippen LogP contribution in [0.3, 0.4) is 0 Å². The van der Waals surface area contributed by atoms with Crippen molar-refractivity contribution in [3.05, 3.63) is 29.8 Å². The van der Waals surface area contributed by atoms with Crippen molar-refractivity contribution >= 4 is 5.91 Å². The lowest BCUT2D eigenvalue weighted by atomic mass is 9.95. The van der Waals surface area contributed by atoms with E-state index >= 15 is 0 Å². The topological polar surface area (TPSA) is 72.5 Å². The minimum atomic E-state index is -2.91. The van der Waals surface area contributed by atoms with Gasteiger partial charge in [-0.15, -0.1) is 0 Å². The standard InChI is InChI=1S/C10H11F2NO3/c1-10(15,8(13)14)6-2-4-7(5-3-6)16-9(11)12/h2-5,9,15H,1H3,(H2,13,14). The van der Waals surface area contributed by atoms with Gasteiger partial charge in [0.1, 0.15) is 5.75 Å². The van der Waals surface area contributed by atoms with Crippen molar-refractivity contribution < 1.29 is 23.4 Å². The second kappa shape index (κ2) is 4.44. The van der Waals surface area contributed by atoms with Gasteiger partial charge in [-0.25, -0.2) is 0 Å². The first-order chi connectivity index (χ1) is 7.34. The zero-order valence-corrected chi connectivity index (χ0v) is 8.48. The minimum Gasteiger partial charge on any atom is -0.435 e. The Morgan fingerprint density at radius 3 is 2.31 bits per heavy atom. The third-order valence-corrected chi connectivity index (χ3v) is 2.12. The van der Waals surface area contributed by atoms with Crippen LogP contribution in [0.5, 0.6) is 5.75 Å². The quantitative estimate of drug-likeness (QED) is 0.811. The molecule has 0 aliphatic rings. The van der Waals surface area contributed by atoms with E-state index in [0.717, 1.165) is 0 Å². The number of alkyl halides is 2. The molecule has 1 amide bonds. The highest BCUT2D eigenvalue weighted by molar-refractivity contribution is 5.84. The summed E-state index contributed by atoms with van der Waals surface area (Å²) in [5.41, 5.74) is 3.36. The number of rotatable bonds is 4. The van der Waals surface area contributed by atoms with Crippen LogP contribution in [-0.2, 0) is 10.4 Å². The molecule has 0 fully saturated rings. The number of ether oxygens (including phenoxy) is 1. The first-order valence-corrected chi connectivity index (χ1v) is 4.41. The molecule has 0 aliphatic heterocycles. The van der Waals surface area contributed by atoms with Gasteiger partial charge in [0, 0.05) is 0 Å². The first kappa shape index (κ1) is 12.4. The summed E-state index contributed by atoms with van der Waals surface area (Å²) in [5.74, 6) is -0.978. The summed E-state index contributed by atoms with van der Waals surface area (Å²) >= 11 is 0. The number of carbonyl (C=O) groups is 1. The van der Waals surface area contributed by atoms with Crippen LogP contribution in [0.2, 0.25) is 0 Å². The van der Waals surface area contributed by atoms with Crippen molar-refractivity contribution in [2.75, 3.05) is 0 Å². The van der Waals surface area contributed by atoms with Gasteiger partial charge in [-0.1, -0.05) is 12.1 Å². The predicted molar refractivity (Wildman–Crippen MR) is 51.8 cm³/mol. The Kier molecular flexibility index (Phi) is 3.44. The predicted octanol–water partition coefficient (Wildman–Crippen LogP) is 0.981. The highest BCUT2D eigenvalue weighted by atomic mass is 19.3. The Bertz CT molecular complexity index is 376. The molecule has 0 bridgehead atoms. The van der Waals surface area contributed by atoms with E-state index in [2.05, 4.69) is 4.74 Å². The molecule has 0 saturated heterocycles. The molecule has 1 rings (SSSR count). The van der Waals surface area contributed by atoms with Crippen molar-refractivity contribution in [1.29, 1.82) is 0 Å². The van der Waals surface area contributed by atoms with Crippen LogP contribution >= 0.6 is 0 Å². The molecular weight excluding hydrogens is 220 g/mol. The van der Waals surface area contributed by atoms with E-state index in [1.54, 1.807) is 0 Å². The molecule has 1 atom stereocenters. The molecule has 1 aromatic carbocycles. The molecule has 16 heavy (non-hydrogen) atoms. The summed E-state index contributed by atoms with van der Waals surface area (Å²) in [6, 6.07) is 5.03. The van der Waals surface area contributed by atoms with Crippen LogP contribution in [-0.4, -0.2) is 17.6 Å². The average molecular weight is 231 g/mol. The van der Waals surface area contributed by atoms with Gasteiger partial charge >= 0.3 is 6.61 Å². The summed E-state index contributed by atoms with van der Waals surface area (Å²) in [4.78, 5) is 10.9. The van der Waals surface area contributed by atoms with Gasteiger partial charge in [0.15, 0.2) is 5.60 Å². The molecule has 0 saturated carbocycles.